The van der Waals surface area contributed by atoms with Gasteiger partial charge in [0.2, 0.25) is 0 Å². The highest BCUT2D eigenvalue weighted by Gasteiger charge is 2.92. The first-order valence-corrected chi connectivity index (χ1v) is 11.8. The van der Waals surface area contributed by atoms with Crippen LogP contribution < -0.4 is 10.1 Å². The summed E-state index contributed by atoms with van der Waals surface area (Å²) in [6, 6.07) is 6.88. The van der Waals surface area contributed by atoms with Gasteiger partial charge >= 0.3 is 0 Å². The molecule has 9 N–H and O–H groups in total. The molecule has 4 rings (SSSR count). The van der Waals surface area contributed by atoms with Crippen molar-refractivity contribution in [3.05, 3.63) is 46.4 Å². The number of hydrogen-bond acceptors (Lipinski definition) is 13. The van der Waals surface area contributed by atoms with Gasteiger partial charge in [0.25, 0.3) is 23.1 Å². The topological polar surface area (TPSA) is 205 Å². The van der Waals surface area contributed by atoms with Crippen LogP contribution in [0.3, 0.4) is 0 Å². The van der Waals surface area contributed by atoms with E-state index in [0.29, 0.717) is 18.8 Å². The van der Waals surface area contributed by atoms with E-state index in [1.807, 2.05) is 11.4 Å². The van der Waals surface area contributed by atoms with Crippen LogP contribution in [0.25, 0.3) is 0 Å². The number of nitrogens with zero attached hydrogens (tertiary/aromatic N) is 1. The summed E-state index contributed by atoms with van der Waals surface area (Å²) in [6.45, 7) is 0.517. The number of ether oxygens (including phenoxy) is 2. The van der Waals surface area contributed by atoms with Gasteiger partial charge in [-0.1, -0.05) is 6.07 Å². The third kappa shape index (κ3) is 3.54. The molecule has 3 heterocycles. The molecular formula is C22H30N2O10S. The molecule has 0 bridgehead atoms. The molecule has 0 unspecified atom stereocenters. The number of pyridine rings is 1. The van der Waals surface area contributed by atoms with E-state index in [-0.39, 0.29) is 19.4 Å². The summed E-state index contributed by atoms with van der Waals surface area (Å²) in [6.07, 6.45) is 1.37. The Morgan fingerprint density at radius 3 is 2.29 bits per heavy atom. The lowest BCUT2D eigenvalue weighted by atomic mass is 9.65. The highest BCUT2D eigenvalue weighted by Crippen LogP contribution is 2.61. The minimum absolute atomic E-state index is 0.232. The van der Waals surface area contributed by atoms with Gasteiger partial charge in [0.05, 0.1) is 12.0 Å². The Bertz CT molecular complexity index is 1020. The Labute approximate surface area is 204 Å². The molecule has 2 aromatic rings. The molecule has 0 radical (unpaired) electrons. The number of nitrogens with one attached hydrogen (secondary N) is 1. The van der Waals surface area contributed by atoms with Crippen LogP contribution in [-0.4, -0.2) is 94.8 Å². The molecule has 1 aliphatic carbocycles. The van der Waals surface area contributed by atoms with E-state index in [9.17, 15) is 40.9 Å². The van der Waals surface area contributed by atoms with Gasteiger partial charge in [-0.15, -0.1) is 11.3 Å². The summed E-state index contributed by atoms with van der Waals surface area (Å²) < 4.78 is 10.7. The van der Waals surface area contributed by atoms with Crippen LogP contribution in [0.2, 0.25) is 0 Å². The van der Waals surface area contributed by atoms with Gasteiger partial charge in [0, 0.05) is 30.5 Å². The quantitative estimate of drug-likeness (QED) is 0.143. The average Bonchev–Trinajstić information content (AvgIpc) is 3.30. The predicted octanol–water partition coefficient (Wildman–Crippen LogP) is -2.14. The van der Waals surface area contributed by atoms with E-state index in [4.69, 9.17) is 9.47 Å². The van der Waals surface area contributed by atoms with Gasteiger partial charge in [0.15, 0.2) is 5.60 Å². The maximum atomic E-state index is 10.7. The number of thiophene rings is 1. The number of rotatable bonds is 7. The molecule has 2 fully saturated rings. The number of hydrogen-bond donors (Lipinski definition) is 9. The molecule has 13 heteroatoms. The smallest absolute Gasteiger partial charge is 0.283 e. The minimum Gasteiger partial charge on any atom is -0.496 e. The van der Waals surface area contributed by atoms with Crippen molar-refractivity contribution in [1.82, 2.24) is 10.3 Å². The van der Waals surface area contributed by atoms with Crippen LogP contribution in [0.4, 0.5) is 0 Å². The maximum Gasteiger partial charge on any atom is 0.283 e. The van der Waals surface area contributed by atoms with Crippen LogP contribution in [0.1, 0.15) is 29.8 Å². The van der Waals surface area contributed by atoms with E-state index in [0.717, 1.165) is 10.6 Å². The Morgan fingerprint density at radius 1 is 1.00 bits per heavy atom. The van der Waals surface area contributed by atoms with Gasteiger partial charge in [-0.25, -0.2) is 0 Å². The summed E-state index contributed by atoms with van der Waals surface area (Å²) in [4.78, 5) is 5.34. The lowest BCUT2D eigenvalue weighted by molar-refractivity contribution is -0.452. The van der Waals surface area contributed by atoms with Crippen molar-refractivity contribution < 1.29 is 50.3 Å². The number of methoxy groups -OCH3 is 1. The average molecular weight is 515 g/mol. The Morgan fingerprint density at radius 2 is 1.69 bits per heavy atom. The fourth-order valence-electron chi connectivity index (χ4n) is 5.18. The molecule has 2 aliphatic rings. The van der Waals surface area contributed by atoms with Crippen molar-refractivity contribution in [1.29, 1.82) is 0 Å². The molecule has 1 saturated heterocycles. The van der Waals surface area contributed by atoms with Crippen LogP contribution in [0.15, 0.2) is 35.8 Å². The molecule has 1 atom stereocenters. The molecule has 0 aromatic carbocycles. The SMILES string of the molecule is COc1ccsc1CNCC[C@@]1(c2ccccn2)CCOC2(C1)C(O)(O)C(O)(O)C(O)(O)C2(O)O. The van der Waals surface area contributed by atoms with Crippen LogP contribution in [0.5, 0.6) is 5.75 Å². The van der Waals surface area contributed by atoms with Crippen LogP contribution >= 0.6 is 11.3 Å². The van der Waals surface area contributed by atoms with Gasteiger partial charge in [-0.05, 0) is 49.4 Å². The van der Waals surface area contributed by atoms with Crippen molar-refractivity contribution in [2.75, 3.05) is 20.3 Å². The second kappa shape index (κ2) is 8.68. The molecule has 1 aliphatic heterocycles. The van der Waals surface area contributed by atoms with Gasteiger partial charge in [0.1, 0.15) is 5.75 Å². The Kier molecular flexibility index (Phi) is 6.52. The largest absolute Gasteiger partial charge is 0.496 e. The zero-order chi connectivity index (χ0) is 25.8. The monoisotopic (exact) mass is 514 g/mol. The molecule has 1 saturated carbocycles. The van der Waals surface area contributed by atoms with Crippen molar-refractivity contribution >= 4 is 11.3 Å². The minimum atomic E-state index is -4.18. The van der Waals surface area contributed by atoms with E-state index >= 15 is 0 Å². The Hall–Kier alpha value is -1.75. The summed E-state index contributed by atoms with van der Waals surface area (Å²) in [5, 5.41) is 89.1. The second-order valence-electron chi connectivity index (χ2n) is 9.13. The number of aromatic nitrogens is 1. The maximum absolute atomic E-state index is 10.7. The van der Waals surface area contributed by atoms with E-state index in [1.54, 1.807) is 25.3 Å². The van der Waals surface area contributed by atoms with Crippen molar-refractivity contribution in [2.24, 2.45) is 0 Å². The second-order valence-corrected chi connectivity index (χ2v) is 10.1. The van der Waals surface area contributed by atoms with Crippen LogP contribution in [0, 0.1) is 0 Å². The standard InChI is InChI=1S/C22H30N2O10S/c1-33-14-5-11-35-15(14)12-23-9-6-17(16-4-2-3-8-24-16)7-10-34-18(13-17)19(25,26)21(29,30)22(31,32)20(18,27)28/h2-5,8,11,23,25-32H,6-7,9-10,12-13H2,1H3/t17-/m1/s1. The lowest BCUT2D eigenvalue weighted by Gasteiger charge is -2.52. The molecule has 2 aromatic heterocycles. The zero-order valence-electron chi connectivity index (χ0n) is 19.0. The Balaban J connectivity index is 1.68. The zero-order valence-corrected chi connectivity index (χ0v) is 19.8. The van der Waals surface area contributed by atoms with Gasteiger partial charge < -0.3 is 55.6 Å². The van der Waals surface area contributed by atoms with E-state index < -0.39 is 40.6 Å². The first-order valence-electron chi connectivity index (χ1n) is 11.0. The van der Waals surface area contributed by atoms with Crippen molar-refractivity contribution in [3.8, 4) is 5.75 Å². The lowest BCUT2D eigenvalue weighted by Crippen LogP contribution is -2.71. The van der Waals surface area contributed by atoms with Crippen LogP contribution in [-0.2, 0) is 16.7 Å². The summed E-state index contributed by atoms with van der Waals surface area (Å²) in [7, 11) is 1.57. The summed E-state index contributed by atoms with van der Waals surface area (Å²) >= 11 is 1.51. The molecule has 1 spiro atoms. The third-order valence-corrected chi connectivity index (χ3v) is 8.20. The van der Waals surface area contributed by atoms with Gasteiger partial charge in [-0.3, -0.25) is 4.98 Å². The molecule has 35 heavy (non-hydrogen) atoms. The number of aliphatic hydroxyl groups is 8. The molecule has 0 amide bonds. The third-order valence-electron chi connectivity index (χ3n) is 7.30. The molecular weight excluding hydrogens is 484 g/mol. The summed E-state index contributed by atoms with van der Waals surface area (Å²) in [5.74, 6) is -15.4. The van der Waals surface area contributed by atoms with Crippen molar-refractivity contribution in [3.63, 3.8) is 0 Å². The molecule has 12 nitrogen and oxygen atoms in total. The normalized spacial score (nSPS) is 27.7. The molecule has 194 valence electrons. The fraction of sp³-hybridized carbons (Fsp3) is 0.591. The van der Waals surface area contributed by atoms with Gasteiger partial charge in [-0.2, -0.15) is 0 Å². The first kappa shape index (κ1) is 26.3. The fourth-order valence-corrected chi connectivity index (χ4v) is 5.99. The highest BCUT2D eigenvalue weighted by molar-refractivity contribution is 7.10. The first-order chi connectivity index (χ1) is 16.3. The van der Waals surface area contributed by atoms with E-state index in [1.165, 1.54) is 17.5 Å². The predicted molar refractivity (Wildman–Crippen MR) is 120 cm³/mol. The summed E-state index contributed by atoms with van der Waals surface area (Å²) in [5.41, 5.74) is -3.70. The van der Waals surface area contributed by atoms with E-state index in [2.05, 4.69) is 10.3 Å². The highest BCUT2D eigenvalue weighted by atomic mass is 32.1. The van der Waals surface area contributed by atoms with Crippen molar-refractivity contribution in [2.45, 2.75) is 60.0 Å².